The predicted octanol–water partition coefficient (Wildman–Crippen LogP) is 1.12. The summed E-state index contributed by atoms with van der Waals surface area (Å²) in [7, 11) is -1.52. The Hall–Kier alpha value is -0.593. The SMILES string of the molecule is CCCO[SiH](CCCNC(N)=O)OCCC. The average molecular weight is 248 g/mol. The summed E-state index contributed by atoms with van der Waals surface area (Å²) >= 11 is 0. The largest absolute Gasteiger partial charge is 0.397 e. The van der Waals surface area contributed by atoms with Crippen LogP contribution in [0.15, 0.2) is 0 Å². The smallest absolute Gasteiger partial charge is 0.321 e. The third-order valence-electron chi connectivity index (χ3n) is 1.93. The lowest BCUT2D eigenvalue weighted by Crippen LogP contribution is -2.31. The molecule has 2 amide bonds. The van der Waals surface area contributed by atoms with Gasteiger partial charge in [0.15, 0.2) is 0 Å². The van der Waals surface area contributed by atoms with Gasteiger partial charge in [0.2, 0.25) is 0 Å². The van der Waals surface area contributed by atoms with Crippen LogP contribution in [-0.2, 0) is 8.85 Å². The van der Waals surface area contributed by atoms with Crippen molar-refractivity contribution < 1.29 is 13.6 Å². The Bertz CT molecular complexity index is 173. The van der Waals surface area contributed by atoms with E-state index < -0.39 is 15.3 Å². The molecule has 0 aliphatic rings. The first kappa shape index (κ1) is 15.4. The quantitative estimate of drug-likeness (QED) is 0.449. The molecule has 0 aliphatic heterocycles. The number of carbonyl (C=O) groups is 1. The molecular weight excluding hydrogens is 224 g/mol. The van der Waals surface area contributed by atoms with E-state index in [0.717, 1.165) is 38.5 Å². The molecule has 0 heterocycles. The highest BCUT2D eigenvalue weighted by molar-refractivity contribution is 6.44. The van der Waals surface area contributed by atoms with Gasteiger partial charge < -0.3 is 19.9 Å². The van der Waals surface area contributed by atoms with E-state index in [0.29, 0.717) is 6.54 Å². The van der Waals surface area contributed by atoms with Crippen LogP contribution in [0.5, 0.6) is 0 Å². The highest BCUT2D eigenvalue weighted by Gasteiger charge is 2.12. The molecule has 0 aromatic heterocycles. The maximum absolute atomic E-state index is 10.4. The lowest BCUT2D eigenvalue weighted by Gasteiger charge is -2.15. The normalized spacial score (nSPS) is 10.7. The maximum atomic E-state index is 10.4. The zero-order valence-corrected chi connectivity index (χ0v) is 11.5. The molecule has 0 atom stereocenters. The van der Waals surface area contributed by atoms with Gasteiger partial charge >= 0.3 is 15.3 Å². The van der Waals surface area contributed by atoms with Gasteiger partial charge in [-0.3, -0.25) is 0 Å². The Morgan fingerprint density at radius 3 is 2.25 bits per heavy atom. The van der Waals surface area contributed by atoms with Crippen molar-refractivity contribution in [2.24, 2.45) is 5.73 Å². The second-order valence-electron chi connectivity index (χ2n) is 3.60. The molecule has 0 fully saturated rings. The second-order valence-corrected chi connectivity index (χ2v) is 5.71. The van der Waals surface area contributed by atoms with Crippen LogP contribution >= 0.6 is 0 Å². The number of hydrogen-bond acceptors (Lipinski definition) is 3. The zero-order valence-electron chi connectivity index (χ0n) is 10.3. The molecule has 6 heteroatoms. The zero-order chi connectivity index (χ0) is 12.2. The van der Waals surface area contributed by atoms with Gasteiger partial charge in [-0.15, -0.1) is 0 Å². The van der Waals surface area contributed by atoms with Crippen molar-refractivity contribution in [1.82, 2.24) is 5.32 Å². The van der Waals surface area contributed by atoms with Gasteiger partial charge in [-0.25, -0.2) is 4.79 Å². The van der Waals surface area contributed by atoms with Crippen molar-refractivity contribution in [2.75, 3.05) is 19.8 Å². The third kappa shape index (κ3) is 9.94. The molecule has 16 heavy (non-hydrogen) atoms. The summed E-state index contributed by atoms with van der Waals surface area (Å²) in [5.74, 6) is 0. The number of amides is 2. The molecule has 0 aromatic carbocycles. The van der Waals surface area contributed by atoms with Crippen LogP contribution in [-0.4, -0.2) is 35.1 Å². The number of nitrogens with two attached hydrogens (primary N) is 1. The molecule has 5 nitrogen and oxygen atoms in total. The fourth-order valence-corrected chi connectivity index (χ4v) is 3.16. The first-order chi connectivity index (χ1) is 7.70. The average Bonchev–Trinajstić information content (AvgIpc) is 2.26. The maximum Gasteiger partial charge on any atom is 0.321 e. The van der Waals surface area contributed by atoms with E-state index in [2.05, 4.69) is 19.2 Å². The molecular formula is C10H24N2O3Si. The molecule has 0 spiro atoms. The Morgan fingerprint density at radius 1 is 1.25 bits per heavy atom. The second kappa shape index (κ2) is 10.9. The van der Waals surface area contributed by atoms with Crippen molar-refractivity contribution in [1.29, 1.82) is 0 Å². The predicted molar refractivity (Wildman–Crippen MR) is 66.6 cm³/mol. The Morgan fingerprint density at radius 2 is 1.81 bits per heavy atom. The number of carbonyl (C=O) groups excluding carboxylic acids is 1. The lowest BCUT2D eigenvalue weighted by molar-refractivity contribution is 0.195. The number of urea groups is 1. The standard InChI is InChI=1S/C10H24N2O3Si/c1-3-7-14-16(15-8-4-2)9-5-6-12-10(11)13/h16H,3-9H2,1-2H3,(H3,11,12,13). The van der Waals surface area contributed by atoms with Gasteiger partial charge in [-0.05, 0) is 25.3 Å². The summed E-state index contributed by atoms with van der Waals surface area (Å²) in [5, 5.41) is 2.56. The minimum absolute atomic E-state index is 0.470. The van der Waals surface area contributed by atoms with Gasteiger partial charge in [0.1, 0.15) is 0 Å². The molecule has 3 N–H and O–H groups in total. The number of primary amides is 1. The van der Waals surface area contributed by atoms with Crippen molar-refractivity contribution in [3.8, 4) is 0 Å². The number of rotatable bonds is 10. The highest BCUT2D eigenvalue weighted by Crippen LogP contribution is 2.02. The van der Waals surface area contributed by atoms with E-state index >= 15 is 0 Å². The summed E-state index contributed by atoms with van der Waals surface area (Å²) < 4.78 is 11.3. The van der Waals surface area contributed by atoms with E-state index in [1.54, 1.807) is 0 Å². The van der Waals surface area contributed by atoms with E-state index in [4.69, 9.17) is 14.6 Å². The van der Waals surface area contributed by atoms with Gasteiger partial charge in [-0.2, -0.15) is 0 Å². The topological polar surface area (TPSA) is 73.6 Å². The van der Waals surface area contributed by atoms with Crippen LogP contribution in [0, 0.1) is 0 Å². The minimum atomic E-state index is -1.52. The first-order valence-electron chi connectivity index (χ1n) is 5.97. The van der Waals surface area contributed by atoms with Crippen LogP contribution in [0.2, 0.25) is 6.04 Å². The summed E-state index contributed by atoms with van der Waals surface area (Å²) in [5.41, 5.74) is 4.97. The molecule has 0 radical (unpaired) electrons. The van der Waals surface area contributed by atoms with Gasteiger partial charge in [-0.1, -0.05) is 13.8 Å². The summed E-state index contributed by atoms with van der Waals surface area (Å²) in [6.07, 6.45) is 2.89. The van der Waals surface area contributed by atoms with Crippen LogP contribution < -0.4 is 11.1 Å². The molecule has 0 rings (SSSR count). The third-order valence-corrected chi connectivity index (χ3v) is 4.03. The van der Waals surface area contributed by atoms with Crippen molar-refractivity contribution >= 4 is 15.3 Å². The molecule has 0 bridgehead atoms. The van der Waals surface area contributed by atoms with E-state index in [9.17, 15) is 4.79 Å². The number of nitrogens with one attached hydrogen (secondary N) is 1. The Labute approximate surface area is 99.5 Å². The Balaban J connectivity index is 3.59. The van der Waals surface area contributed by atoms with Crippen LogP contribution in [0.1, 0.15) is 33.1 Å². The monoisotopic (exact) mass is 248 g/mol. The molecule has 0 aliphatic carbocycles. The first-order valence-corrected chi connectivity index (χ1v) is 7.73. The Kier molecular flexibility index (Phi) is 10.5. The van der Waals surface area contributed by atoms with Gasteiger partial charge in [0.05, 0.1) is 0 Å². The fraction of sp³-hybridized carbons (Fsp3) is 0.900. The lowest BCUT2D eigenvalue weighted by atomic mass is 10.5. The van der Waals surface area contributed by atoms with Crippen LogP contribution in [0.4, 0.5) is 4.79 Å². The molecule has 0 saturated heterocycles. The van der Waals surface area contributed by atoms with E-state index in [1.807, 2.05) is 0 Å². The summed E-state index contributed by atoms with van der Waals surface area (Å²) in [4.78, 5) is 10.4. The summed E-state index contributed by atoms with van der Waals surface area (Å²) in [6.45, 7) is 6.30. The van der Waals surface area contributed by atoms with Crippen LogP contribution in [0.3, 0.4) is 0 Å². The number of hydrogen-bond donors (Lipinski definition) is 2. The molecule has 0 aromatic rings. The van der Waals surface area contributed by atoms with E-state index in [-0.39, 0.29) is 0 Å². The van der Waals surface area contributed by atoms with E-state index in [1.165, 1.54) is 0 Å². The summed E-state index contributed by atoms with van der Waals surface area (Å²) in [6, 6.07) is 0.447. The molecule has 0 saturated carbocycles. The van der Waals surface area contributed by atoms with Gasteiger partial charge in [0, 0.05) is 19.8 Å². The molecule has 0 unspecified atom stereocenters. The highest BCUT2D eigenvalue weighted by atomic mass is 28.3. The van der Waals surface area contributed by atoms with Crippen molar-refractivity contribution in [2.45, 2.75) is 39.2 Å². The van der Waals surface area contributed by atoms with Crippen molar-refractivity contribution in [3.05, 3.63) is 0 Å². The fourth-order valence-electron chi connectivity index (χ4n) is 1.19. The van der Waals surface area contributed by atoms with Gasteiger partial charge in [0.25, 0.3) is 0 Å². The van der Waals surface area contributed by atoms with Crippen molar-refractivity contribution in [3.63, 3.8) is 0 Å². The molecule has 96 valence electrons. The minimum Gasteiger partial charge on any atom is -0.397 e. The van der Waals surface area contributed by atoms with Crippen LogP contribution in [0.25, 0.3) is 0 Å².